The number of hydrogen-bond acceptors (Lipinski definition) is 4. The highest BCUT2D eigenvalue weighted by Crippen LogP contribution is 2.13. The largest absolute Gasteiger partial charge is 0.497 e. The molecule has 0 saturated carbocycles. The molecule has 0 N–H and O–H groups in total. The van der Waals surface area contributed by atoms with E-state index in [1.807, 2.05) is 29.2 Å². The molecule has 1 saturated heterocycles. The molecule has 0 atom stereocenters. The lowest BCUT2D eigenvalue weighted by molar-refractivity contribution is -0.134. The Morgan fingerprint density at radius 3 is 2.17 bits per heavy atom. The fourth-order valence-corrected chi connectivity index (χ4v) is 3.45. The van der Waals surface area contributed by atoms with E-state index in [1.54, 1.807) is 31.2 Å². The molecule has 6 nitrogen and oxygen atoms in total. The Balaban J connectivity index is 1.42. The third-order valence-electron chi connectivity index (χ3n) is 5.36. The Bertz CT molecular complexity index is 847. The lowest BCUT2D eigenvalue weighted by atomic mass is 10.1. The number of amides is 2. The van der Waals surface area contributed by atoms with Gasteiger partial charge in [0.15, 0.2) is 0 Å². The molecule has 0 aliphatic carbocycles. The molecule has 0 radical (unpaired) electrons. The summed E-state index contributed by atoms with van der Waals surface area (Å²) in [5.41, 5.74) is 1.85. The van der Waals surface area contributed by atoms with Gasteiger partial charge in [-0.15, -0.1) is 0 Å². The molecule has 2 amide bonds. The second kappa shape index (κ2) is 10.2. The summed E-state index contributed by atoms with van der Waals surface area (Å²) in [6.07, 6.45) is 0.268. The first-order chi connectivity index (χ1) is 14.4. The predicted octanol–water partition coefficient (Wildman–Crippen LogP) is 2.18. The summed E-state index contributed by atoms with van der Waals surface area (Å²) in [7, 11) is 3.43. The van der Waals surface area contributed by atoms with Crippen LogP contribution < -0.4 is 4.74 Å². The van der Waals surface area contributed by atoms with Crippen molar-refractivity contribution in [2.24, 2.45) is 0 Å². The van der Waals surface area contributed by atoms with Crippen LogP contribution in [0.2, 0.25) is 0 Å². The van der Waals surface area contributed by atoms with Crippen molar-refractivity contribution < 1.29 is 18.7 Å². The molecule has 1 aliphatic heterocycles. The molecular formula is C23H28FN3O3. The summed E-state index contributed by atoms with van der Waals surface area (Å²) in [5, 5.41) is 0. The van der Waals surface area contributed by atoms with E-state index >= 15 is 0 Å². The monoisotopic (exact) mass is 413 g/mol. The van der Waals surface area contributed by atoms with Crippen LogP contribution in [0.3, 0.4) is 0 Å². The minimum Gasteiger partial charge on any atom is -0.497 e. The van der Waals surface area contributed by atoms with Crippen LogP contribution in [-0.4, -0.2) is 73.4 Å². The molecule has 2 aromatic carbocycles. The van der Waals surface area contributed by atoms with Crippen molar-refractivity contribution in [1.82, 2.24) is 14.7 Å². The second-order valence-corrected chi connectivity index (χ2v) is 7.56. The zero-order valence-electron chi connectivity index (χ0n) is 17.5. The number of rotatable bonds is 7. The zero-order valence-corrected chi connectivity index (χ0v) is 17.5. The SMILES string of the molecule is COc1ccc(CN(C)C(=O)CN2CCN(C(=O)Cc3ccc(F)cc3)CC2)cc1. The molecule has 30 heavy (non-hydrogen) atoms. The maximum atomic E-state index is 13.0. The molecule has 0 aromatic heterocycles. The highest BCUT2D eigenvalue weighted by molar-refractivity contribution is 5.79. The minimum atomic E-state index is -0.304. The number of carbonyl (C=O) groups is 2. The van der Waals surface area contributed by atoms with E-state index in [1.165, 1.54) is 12.1 Å². The van der Waals surface area contributed by atoms with E-state index in [2.05, 4.69) is 4.90 Å². The Hall–Kier alpha value is -2.93. The van der Waals surface area contributed by atoms with Gasteiger partial charge in [0.2, 0.25) is 11.8 Å². The van der Waals surface area contributed by atoms with E-state index < -0.39 is 0 Å². The first kappa shape index (κ1) is 21.8. The number of carbonyl (C=O) groups excluding carboxylic acids is 2. The van der Waals surface area contributed by atoms with Crippen LogP contribution >= 0.6 is 0 Å². The lowest BCUT2D eigenvalue weighted by Gasteiger charge is -2.35. The highest BCUT2D eigenvalue weighted by atomic mass is 19.1. The fraction of sp³-hybridized carbons (Fsp3) is 0.391. The molecular weight excluding hydrogens is 385 g/mol. The Morgan fingerprint density at radius 2 is 1.57 bits per heavy atom. The van der Waals surface area contributed by atoms with Gasteiger partial charge in [-0.05, 0) is 35.4 Å². The molecule has 3 rings (SSSR count). The van der Waals surface area contributed by atoms with E-state index in [4.69, 9.17) is 4.74 Å². The van der Waals surface area contributed by atoms with Gasteiger partial charge in [0.25, 0.3) is 0 Å². The summed E-state index contributed by atoms with van der Waals surface area (Å²) < 4.78 is 18.2. The van der Waals surface area contributed by atoms with Gasteiger partial charge in [-0.3, -0.25) is 14.5 Å². The third-order valence-corrected chi connectivity index (χ3v) is 5.36. The van der Waals surface area contributed by atoms with E-state index in [-0.39, 0.29) is 24.1 Å². The van der Waals surface area contributed by atoms with Crippen LogP contribution in [0.4, 0.5) is 4.39 Å². The molecule has 1 aliphatic rings. The van der Waals surface area contributed by atoms with Gasteiger partial charge in [0, 0.05) is 39.8 Å². The summed E-state index contributed by atoms with van der Waals surface area (Å²) in [5.74, 6) is 0.571. The normalized spacial score (nSPS) is 14.4. The average molecular weight is 413 g/mol. The van der Waals surface area contributed by atoms with Gasteiger partial charge in [-0.25, -0.2) is 4.39 Å². The molecule has 1 heterocycles. The van der Waals surface area contributed by atoms with Crippen LogP contribution in [0.5, 0.6) is 5.75 Å². The van der Waals surface area contributed by atoms with Gasteiger partial charge >= 0.3 is 0 Å². The summed E-state index contributed by atoms with van der Waals surface area (Å²) in [4.78, 5) is 30.6. The standard InChI is InChI=1S/C23H28FN3O3/c1-25(16-19-5-9-21(30-2)10-6-19)23(29)17-26-11-13-27(14-12-26)22(28)15-18-3-7-20(24)8-4-18/h3-10H,11-17H2,1-2H3. The molecule has 0 unspecified atom stereocenters. The van der Waals surface area contributed by atoms with Gasteiger partial charge < -0.3 is 14.5 Å². The van der Waals surface area contributed by atoms with Crippen molar-refractivity contribution in [1.29, 1.82) is 0 Å². The van der Waals surface area contributed by atoms with Gasteiger partial charge in [-0.2, -0.15) is 0 Å². The molecule has 1 fully saturated rings. The summed E-state index contributed by atoms with van der Waals surface area (Å²) in [6.45, 7) is 3.39. The summed E-state index contributed by atoms with van der Waals surface area (Å²) >= 11 is 0. The smallest absolute Gasteiger partial charge is 0.236 e. The van der Waals surface area contributed by atoms with Crippen LogP contribution in [0.15, 0.2) is 48.5 Å². The number of ether oxygens (including phenoxy) is 1. The number of methoxy groups -OCH3 is 1. The van der Waals surface area contributed by atoms with Gasteiger partial charge in [-0.1, -0.05) is 24.3 Å². The zero-order chi connectivity index (χ0) is 21.5. The Morgan fingerprint density at radius 1 is 0.967 bits per heavy atom. The van der Waals surface area contributed by atoms with Gasteiger partial charge in [0.1, 0.15) is 11.6 Å². The van der Waals surface area contributed by atoms with Gasteiger partial charge in [0.05, 0.1) is 20.1 Å². The van der Waals surface area contributed by atoms with Crippen LogP contribution in [0.25, 0.3) is 0 Å². The topological polar surface area (TPSA) is 53.1 Å². The lowest BCUT2D eigenvalue weighted by Crippen LogP contribution is -2.51. The molecule has 2 aromatic rings. The number of halogens is 1. The predicted molar refractivity (Wildman–Crippen MR) is 113 cm³/mol. The van der Waals surface area contributed by atoms with E-state index in [0.29, 0.717) is 39.3 Å². The van der Waals surface area contributed by atoms with Crippen molar-refractivity contribution in [2.45, 2.75) is 13.0 Å². The Labute approximate surface area is 176 Å². The maximum Gasteiger partial charge on any atom is 0.236 e. The van der Waals surface area contributed by atoms with Crippen LogP contribution in [-0.2, 0) is 22.6 Å². The number of hydrogen-bond donors (Lipinski definition) is 0. The fourth-order valence-electron chi connectivity index (χ4n) is 3.45. The number of likely N-dealkylation sites (N-methyl/N-ethyl adjacent to an activating group) is 1. The molecule has 0 bridgehead atoms. The number of piperazine rings is 1. The quantitative estimate of drug-likeness (QED) is 0.698. The number of benzene rings is 2. The molecule has 0 spiro atoms. The van der Waals surface area contributed by atoms with Crippen molar-refractivity contribution >= 4 is 11.8 Å². The van der Waals surface area contributed by atoms with Crippen LogP contribution in [0, 0.1) is 5.82 Å². The molecule has 7 heteroatoms. The second-order valence-electron chi connectivity index (χ2n) is 7.56. The first-order valence-electron chi connectivity index (χ1n) is 10.1. The Kier molecular flexibility index (Phi) is 7.41. The maximum absolute atomic E-state index is 13.0. The molecule has 160 valence electrons. The average Bonchev–Trinajstić information content (AvgIpc) is 2.76. The van der Waals surface area contributed by atoms with Crippen molar-refractivity contribution in [3.8, 4) is 5.75 Å². The van der Waals surface area contributed by atoms with Crippen LogP contribution in [0.1, 0.15) is 11.1 Å². The highest BCUT2D eigenvalue weighted by Gasteiger charge is 2.23. The minimum absolute atomic E-state index is 0.0317. The van der Waals surface area contributed by atoms with E-state index in [0.717, 1.165) is 16.9 Å². The summed E-state index contributed by atoms with van der Waals surface area (Å²) in [6, 6.07) is 13.7. The van der Waals surface area contributed by atoms with Crippen molar-refractivity contribution in [3.05, 3.63) is 65.5 Å². The number of nitrogens with zero attached hydrogens (tertiary/aromatic N) is 3. The van der Waals surface area contributed by atoms with E-state index in [9.17, 15) is 14.0 Å². The van der Waals surface area contributed by atoms with Crippen molar-refractivity contribution in [3.63, 3.8) is 0 Å². The first-order valence-corrected chi connectivity index (χ1v) is 10.1. The third kappa shape index (κ3) is 6.03. The van der Waals surface area contributed by atoms with Crippen molar-refractivity contribution in [2.75, 3.05) is 46.9 Å².